The lowest BCUT2D eigenvalue weighted by Crippen LogP contribution is -2.43. The number of ether oxygens (including phenoxy) is 4. The van der Waals surface area contributed by atoms with Crippen LogP contribution in [-0.2, 0) is 20.5 Å². The Bertz CT molecular complexity index is 2240. The van der Waals surface area contributed by atoms with Crippen molar-refractivity contribution in [1.29, 1.82) is 0 Å². The van der Waals surface area contributed by atoms with E-state index in [1.807, 2.05) is 53.6 Å². The van der Waals surface area contributed by atoms with Crippen LogP contribution in [0.1, 0.15) is 75.8 Å². The molecule has 0 unspecified atom stereocenters. The normalized spacial score (nSPS) is 21.0. The van der Waals surface area contributed by atoms with Gasteiger partial charge in [0.05, 0.1) is 41.4 Å². The first-order valence-corrected chi connectivity index (χ1v) is 20.5. The van der Waals surface area contributed by atoms with Gasteiger partial charge in [0.15, 0.2) is 32.9 Å². The van der Waals surface area contributed by atoms with Gasteiger partial charge < -0.3 is 32.8 Å². The third-order valence-electron chi connectivity index (χ3n) is 10.9. The predicted octanol–water partition coefficient (Wildman–Crippen LogP) is 7.06. The van der Waals surface area contributed by atoms with Gasteiger partial charge >= 0.3 is 12.1 Å². The molecule has 4 heterocycles. The molecule has 3 atom stereocenters. The summed E-state index contributed by atoms with van der Waals surface area (Å²) >= 11 is 0. The Labute approximate surface area is 326 Å². The highest BCUT2D eigenvalue weighted by atomic mass is 28.2. The zero-order chi connectivity index (χ0) is 39.5. The van der Waals surface area contributed by atoms with Gasteiger partial charge in [-0.05, 0) is 61.9 Å². The summed E-state index contributed by atoms with van der Waals surface area (Å²) in [5.74, 6) is -1.76. The summed E-state index contributed by atoms with van der Waals surface area (Å²) in [5.41, 5.74) is 0.438. The molecule has 11 nitrogen and oxygen atoms in total. The van der Waals surface area contributed by atoms with Gasteiger partial charge in [-0.1, -0.05) is 51.1 Å². The van der Waals surface area contributed by atoms with Gasteiger partial charge in [0.25, 0.3) is 0 Å². The van der Waals surface area contributed by atoms with Gasteiger partial charge in [0.2, 0.25) is 5.43 Å². The number of benzene rings is 3. The van der Waals surface area contributed by atoms with Crippen LogP contribution in [0.15, 0.2) is 65.6 Å². The molecular weight excluding hydrogens is 741 g/mol. The summed E-state index contributed by atoms with van der Waals surface area (Å²) in [5, 5.41) is 0.140. The Morgan fingerprint density at radius 1 is 0.964 bits per heavy atom. The Kier molecular flexibility index (Phi) is 9.84. The molecule has 14 heteroatoms. The molecule has 1 aromatic heterocycles. The van der Waals surface area contributed by atoms with E-state index in [9.17, 15) is 14.4 Å². The molecule has 8 rings (SSSR count). The van der Waals surface area contributed by atoms with Crippen LogP contribution < -0.4 is 24.7 Å². The van der Waals surface area contributed by atoms with Gasteiger partial charge in [-0.15, -0.1) is 0 Å². The molecule has 4 aliphatic rings. The number of carbonyl (C=O) groups is 2. The van der Waals surface area contributed by atoms with E-state index >= 15 is 8.78 Å². The van der Waals surface area contributed by atoms with E-state index in [0.29, 0.717) is 24.2 Å². The van der Waals surface area contributed by atoms with Crippen molar-refractivity contribution < 1.29 is 41.7 Å². The van der Waals surface area contributed by atoms with Crippen LogP contribution in [0.2, 0.25) is 5.04 Å². The summed E-state index contributed by atoms with van der Waals surface area (Å²) in [6.45, 7) is 11.3. The standard InChI is InChI=1S/C42H47F2N3O8Si/c1-41(2,3)56-55-42(4,5)34-20-47(40(50)54-34)27-13-14-33(31(43)16-27)51-22-25-15-28-23-52-38-35-29(17-32(44)36(38)45(28)18-25)37(48)30(19-46(35)26-11-12-26)39(49)53-21-24-9-7-6-8-10-24/h6-10,13-14,16-17,19,25-26,28,34H,11-12,15,18,20-23,56H2,1-5H3/t25-,28-,34+/m0/s1. The minimum absolute atomic E-state index is 0.00475. The first-order valence-electron chi connectivity index (χ1n) is 19.2. The number of hydrogen-bond donors (Lipinski definition) is 0. The van der Waals surface area contributed by atoms with E-state index in [4.69, 9.17) is 23.4 Å². The fourth-order valence-electron chi connectivity index (χ4n) is 7.69. The highest BCUT2D eigenvalue weighted by Gasteiger charge is 2.44. The van der Waals surface area contributed by atoms with Crippen LogP contribution in [-0.4, -0.2) is 70.4 Å². The molecule has 4 aromatic rings. The Balaban J connectivity index is 0.959. The highest BCUT2D eigenvalue weighted by Crippen LogP contribution is 2.48. The van der Waals surface area contributed by atoms with Crippen molar-refractivity contribution in [2.75, 3.05) is 36.1 Å². The molecule has 1 aliphatic carbocycles. The van der Waals surface area contributed by atoms with Crippen LogP contribution >= 0.6 is 0 Å². The smallest absolute Gasteiger partial charge is 0.414 e. The largest absolute Gasteiger partial charge is 0.490 e. The number of fused-ring (bicyclic) bond motifs is 5. The van der Waals surface area contributed by atoms with E-state index in [-0.39, 0.29) is 77.5 Å². The quantitative estimate of drug-likeness (QED) is 0.117. The number of pyridine rings is 1. The molecule has 0 spiro atoms. The number of anilines is 2. The van der Waals surface area contributed by atoms with Crippen molar-refractivity contribution in [2.45, 2.75) is 89.3 Å². The zero-order valence-corrected chi connectivity index (χ0v) is 33.7. The van der Waals surface area contributed by atoms with E-state index in [0.717, 1.165) is 18.4 Å². The van der Waals surface area contributed by atoms with Crippen LogP contribution in [0.5, 0.6) is 11.5 Å². The van der Waals surface area contributed by atoms with Crippen molar-refractivity contribution in [2.24, 2.45) is 5.92 Å². The second kappa shape index (κ2) is 14.5. The number of cyclic esters (lactones) is 1. The Morgan fingerprint density at radius 2 is 1.73 bits per heavy atom. The number of halogens is 2. The first kappa shape index (κ1) is 37.9. The van der Waals surface area contributed by atoms with E-state index < -0.39 is 50.6 Å². The lowest BCUT2D eigenvalue weighted by molar-refractivity contribution is -0.0133. The summed E-state index contributed by atoms with van der Waals surface area (Å²) in [4.78, 5) is 43.1. The average Bonchev–Trinajstić information content (AvgIpc) is 3.80. The molecule has 3 fully saturated rings. The van der Waals surface area contributed by atoms with Crippen molar-refractivity contribution in [3.8, 4) is 11.5 Å². The minimum Gasteiger partial charge on any atom is -0.490 e. The Hall–Kier alpha value is -4.95. The maximum atomic E-state index is 16.2. The lowest BCUT2D eigenvalue weighted by atomic mass is 10.0. The first-order chi connectivity index (χ1) is 26.7. The molecule has 0 N–H and O–H groups in total. The maximum Gasteiger partial charge on any atom is 0.414 e. The van der Waals surface area contributed by atoms with Crippen molar-refractivity contribution in [1.82, 2.24) is 4.57 Å². The third kappa shape index (κ3) is 7.48. The summed E-state index contributed by atoms with van der Waals surface area (Å²) in [6.07, 6.45) is 2.78. The van der Waals surface area contributed by atoms with Crippen LogP contribution in [0.3, 0.4) is 0 Å². The van der Waals surface area contributed by atoms with E-state index in [1.165, 1.54) is 29.3 Å². The Morgan fingerprint density at radius 3 is 2.45 bits per heavy atom. The number of rotatable bonds is 11. The lowest BCUT2D eigenvalue weighted by Gasteiger charge is -2.34. The fraction of sp³-hybridized carbons (Fsp3) is 0.452. The third-order valence-corrected chi connectivity index (χ3v) is 12.7. The molecule has 1 amide bonds. The average molecular weight is 788 g/mol. The molecule has 3 aliphatic heterocycles. The monoisotopic (exact) mass is 787 g/mol. The zero-order valence-electron chi connectivity index (χ0n) is 32.3. The predicted molar refractivity (Wildman–Crippen MR) is 210 cm³/mol. The molecular formula is C42H47F2N3O8Si. The number of amides is 1. The minimum atomic E-state index is -0.899. The molecule has 0 bridgehead atoms. The maximum absolute atomic E-state index is 16.2. The number of hydrogen-bond acceptors (Lipinski definition) is 9. The number of aromatic nitrogens is 1. The summed E-state index contributed by atoms with van der Waals surface area (Å²) in [7, 11) is -0.899. The van der Waals surface area contributed by atoms with Crippen molar-refractivity contribution in [3.05, 3.63) is 93.8 Å². The van der Waals surface area contributed by atoms with Crippen molar-refractivity contribution >= 4 is 44.1 Å². The van der Waals surface area contributed by atoms with Crippen LogP contribution in [0, 0.1) is 17.6 Å². The molecule has 2 saturated heterocycles. The number of esters is 1. The molecule has 296 valence electrons. The second-order valence-corrected chi connectivity index (χ2v) is 19.8. The van der Waals surface area contributed by atoms with Gasteiger partial charge in [0, 0.05) is 30.8 Å². The molecule has 56 heavy (non-hydrogen) atoms. The number of carbonyl (C=O) groups excluding carboxylic acids is 2. The topological polar surface area (TPSA) is 109 Å². The fourth-order valence-corrected chi connectivity index (χ4v) is 8.68. The van der Waals surface area contributed by atoms with Gasteiger partial charge in [0.1, 0.15) is 30.6 Å². The summed E-state index contributed by atoms with van der Waals surface area (Å²) in [6, 6.07) is 14.7. The molecule has 3 aromatic carbocycles. The van der Waals surface area contributed by atoms with Gasteiger partial charge in [-0.2, -0.15) is 0 Å². The second-order valence-electron chi connectivity index (χ2n) is 17.1. The molecule has 0 radical (unpaired) electrons. The molecule has 1 saturated carbocycles. The highest BCUT2D eigenvalue weighted by molar-refractivity contribution is 6.31. The van der Waals surface area contributed by atoms with Gasteiger partial charge in [-0.3, -0.25) is 9.69 Å². The number of nitrogens with zero attached hydrogens (tertiary/aromatic N) is 3. The van der Waals surface area contributed by atoms with E-state index in [2.05, 4.69) is 20.8 Å². The van der Waals surface area contributed by atoms with Crippen LogP contribution in [0.25, 0.3) is 10.9 Å². The van der Waals surface area contributed by atoms with Crippen molar-refractivity contribution in [3.63, 3.8) is 0 Å². The van der Waals surface area contributed by atoms with Crippen LogP contribution in [0.4, 0.5) is 25.0 Å². The summed E-state index contributed by atoms with van der Waals surface area (Å²) < 4.78 is 63.1. The SMILES string of the molecule is CC(C)(C)[SiH2]OC(C)(C)[C@H]1CN(c2ccc(OC[C@H]3C[C@H]4COc5c(c(F)cc6c(=O)c(C(=O)OCc7ccccc7)cn(C7CC7)c56)N4C3)c(F)c2)C(=O)O1. The van der Waals surface area contributed by atoms with Gasteiger partial charge in [-0.25, -0.2) is 18.4 Å². The van der Waals surface area contributed by atoms with E-state index in [1.54, 1.807) is 6.07 Å².